The largest absolute Gasteiger partial charge is 0.211 e. The topological polar surface area (TPSA) is 0 Å². The van der Waals surface area contributed by atoms with Gasteiger partial charge in [-0.3, -0.25) is 0 Å². The molecule has 0 atom stereocenters. The standard InChI is InChI=1S/C5H5F.Xe/c6-5-3-1-2-4-5;/h1-3H,4H2;. The van der Waals surface area contributed by atoms with Crippen molar-refractivity contribution in [1.82, 2.24) is 0 Å². The fraction of sp³-hybridized carbons (Fsp3) is 0.200. The molecule has 0 bridgehead atoms. The van der Waals surface area contributed by atoms with Gasteiger partial charge in [-0.25, -0.2) is 4.39 Å². The summed E-state index contributed by atoms with van der Waals surface area (Å²) in [6.07, 6.45) is 5.48. The van der Waals surface area contributed by atoms with Gasteiger partial charge in [0.15, 0.2) is 0 Å². The maximum Gasteiger partial charge on any atom is 0.104 e. The van der Waals surface area contributed by atoms with E-state index in [0.717, 1.165) is 0 Å². The van der Waals surface area contributed by atoms with E-state index in [1.165, 1.54) is 6.08 Å². The molecular weight excluding hydrogens is 210 g/mol. The molecule has 1 aliphatic rings. The Morgan fingerprint density at radius 3 is 2.43 bits per heavy atom. The van der Waals surface area contributed by atoms with Gasteiger partial charge in [0.2, 0.25) is 0 Å². The Morgan fingerprint density at radius 1 is 1.57 bits per heavy atom. The molecule has 0 radical (unpaired) electrons. The van der Waals surface area contributed by atoms with E-state index in [0.29, 0.717) is 6.42 Å². The van der Waals surface area contributed by atoms with E-state index in [-0.39, 0.29) is 54.7 Å². The van der Waals surface area contributed by atoms with Crippen molar-refractivity contribution < 1.29 is 53.3 Å². The van der Waals surface area contributed by atoms with Crippen molar-refractivity contribution >= 4 is 0 Å². The quantitative estimate of drug-likeness (QED) is 0.578. The van der Waals surface area contributed by atoms with Crippen LogP contribution in [0.5, 0.6) is 0 Å². The second kappa shape index (κ2) is 3.92. The second-order valence-electron chi connectivity index (χ2n) is 1.25. The van der Waals surface area contributed by atoms with Gasteiger partial charge in [-0.2, -0.15) is 0 Å². The van der Waals surface area contributed by atoms with Gasteiger partial charge in [0.1, 0.15) is 5.83 Å². The molecule has 2 heteroatoms. The van der Waals surface area contributed by atoms with Crippen LogP contribution in [-0.2, 0) is 0 Å². The Labute approximate surface area is 82.6 Å². The van der Waals surface area contributed by atoms with Crippen LogP contribution in [0.15, 0.2) is 24.1 Å². The number of halogens is 1. The van der Waals surface area contributed by atoms with Crippen LogP contribution in [0.2, 0.25) is 0 Å². The Morgan fingerprint density at radius 2 is 2.29 bits per heavy atom. The molecule has 0 heterocycles. The van der Waals surface area contributed by atoms with Crippen LogP contribution < -0.4 is 0 Å². The molecule has 0 amide bonds. The maximum atomic E-state index is 11.7. The fourth-order valence-electron chi connectivity index (χ4n) is 0.421. The summed E-state index contributed by atoms with van der Waals surface area (Å²) in [6, 6.07) is 0. The van der Waals surface area contributed by atoms with Crippen LogP contribution in [0.3, 0.4) is 0 Å². The summed E-state index contributed by atoms with van der Waals surface area (Å²) in [7, 11) is 0. The minimum absolute atomic E-state index is 0. The summed E-state index contributed by atoms with van der Waals surface area (Å²) in [5.41, 5.74) is 0. The molecule has 0 saturated carbocycles. The minimum Gasteiger partial charge on any atom is -0.211 e. The average molecular weight is 215 g/mol. The molecule has 40 valence electrons. The van der Waals surface area contributed by atoms with Crippen molar-refractivity contribution in [1.29, 1.82) is 0 Å². The Hall–Kier alpha value is 0.981. The molecule has 1 aliphatic carbocycles. The third kappa shape index (κ3) is 2.72. The first kappa shape index (κ1) is 7.98. The molecule has 0 unspecified atom stereocenters. The molecule has 0 spiro atoms. The minimum atomic E-state index is -0.0324. The van der Waals surface area contributed by atoms with Crippen molar-refractivity contribution in [3.63, 3.8) is 0 Å². The van der Waals surface area contributed by atoms with Crippen molar-refractivity contribution in [3.05, 3.63) is 24.1 Å². The predicted molar refractivity (Wildman–Crippen MR) is 22.9 cm³/mol. The number of rotatable bonds is 0. The van der Waals surface area contributed by atoms with Gasteiger partial charge in [0.05, 0.1) is 0 Å². The van der Waals surface area contributed by atoms with Crippen LogP contribution in [0, 0.1) is 48.9 Å². The Balaban J connectivity index is 0.000000360. The average Bonchev–Trinajstić information content (AvgIpc) is 1.86. The summed E-state index contributed by atoms with van der Waals surface area (Å²) in [4.78, 5) is 0. The number of allylic oxidation sites excluding steroid dienone is 4. The monoisotopic (exact) mass is 216 g/mol. The van der Waals surface area contributed by atoms with Crippen molar-refractivity contribution in [2.24, 2.45) is 0 Å². The van der Waals surface area contributed by atoms with Gasteiger partial charge in [0, 0.05) is 55.3 Å². The maximum absolute atomic E-state index is 11.7. The molecule has 7 heavy (non-hydrogen) atoms. The molecular formula is C5H5FXe. The number of hydrogen-bond acceptors (Lipinski definition) is 0. The van der Waals surface area contributed by atoms with E-state index in [2.05, 4.69) is 0 Å². The van der Waals surface area contributed by atoms with E-state index >= 15 is 0 Å². The molecule has 0 N–H and O–H groups in total. The van der Waals surface area contributed by atoms with Crippen LogP contribution >= 0.6 is 0 Å². The molecule has 0 aliphatic heterocycles. The summed E-state index contributed by atoms with van der Waals surface area (Å²) in [5.74, 6) is -0.0324. The smallest absolute Gasteiger partial charge is 0.104 e. The predicted octanol–water partition coefficient (Wildman–Crippen LogP) is 1.80. The first-order valence-electron chi connectivity index (χ1n) is 1.91. The first-order valence-corrected chi connectivity index (χ1v) is 1.91. The van der Waals surface area contributed by atoms with Gasteiger partial charge in [0.25, 0.3) is 0 Å². The molecule has 0 saturated heterocycles. The van der Waals surface area contributed by atoms with Crippen LogP contribution in [-0.4, -0.2) is 0 Å². The second-order valence-corrected chi connectivity index (χ2v) is 1.25. The zero-order valence-corrected chi connectivity index (χ0v) is 5.69. The fourth-order valence-corrected chi connectivity index (χ4v) is 0.421. The summed E-state index contributed by atoms with van der Waals surface area (Å²) < 4.78 is 11.7. The van der Waals surface area contributed by atoms with Gasteiger partial charge in [-0.1, -0.05) is 12.2 Å². The van der Waals surface area contributed by atoms with Crippen molar-refractivity contribution in [3.8, 4) is 0 Å². The molecule has 1 rings (SSSR count). The summed E-state index contributed by atoms with van der Waals surface area (Å²) >= 11 is 0. The molecule has 0 aromatic carbocycles. The summed E-state index contributed by atoms with van der Waals surface area (Å²) in [5, 5.41) is 0. The molecule has 0 fully saturated rings. The van der Waals surface area contributed by atoms with Crippen LogP contribution in [0.4, 0.5) is 4.39 Å². The van der Waals surface area contributed by atoms with Crippen LogP contribution in [0.25, 0.3) is 0 Å². The van der Waals surface area contributed by atoms with E-state index < -0.39 is 0 Å². The molecule has 0 aromatic rings. The van der Waals surface area contributed by atoms with Gasteiger partial charge < -0.3 is 0 Å². The molecule has 0 nitrogen and oxygen atoms in total. The Bertz CT molecular complexity index is 105. The Kier molecular flexibility index (Phi) is 4.47. The van der Waals surface area contributed by atoms with Gasteiger partial charge in [-0.05, 0) is 6.08 Å². The first-order chi connectivity index (χ1) is 2.89. The molecule has 0 aromatic heterocycles. The van der Waals surface area contributed by atoms with Crippen molar-refractivity contribution in [2.75, 3.05) is 0 Å². The normalized spacial score (nSPS) is 15.9. The van der Waals surface area contributed by atoms with E-state index in [4.69, 9.17) is 0 Å². The van der Waals surface area contributed by atoms with Gasteiger partial charge >= 0.3 is 0 Å². The zero-order valence-electron chi connectivity index (χ0n) is 3.67. The van der Waals surface area contributed by atoms with Crippen LogP contribution in [0.1, 0.15) is 6.42 Å². The number of hydrogen-bond donors (Lipinski definition) is 0. The third-order valence-electron chi connectivity index (χ3n) is 0.726. The third-order valence-corrected chi connectivity index (χ3v) is 0.726. The van der Waals surface area contributed by atoms with Crippen molar-refractivity contribution in [2.45, 2.75) is 6.42 Å². The van der Waals surface area contributed by atoms with E-state index in [1.807, 2.05) is 0 Å². The van der Waals surface area contributed by atoms with Gasteiger partial charge in [-0.15, -0.1) is 0 Å². The SMILES string of the molecule is FC1=CC=CC1.[Xe]. The summed E-state index contributed by atoms with van der Waals surface area (Å²) in [6.45, 7) is 0. The van der Waals surface area contributed by atoms with E-state index in [1.54, 1.807) is 12.2 Å². The van der Waals surface area contributed by atoms with E-state index in [9.17, 15) is 4.39 Å². The zero-order chi connectivity index (χ0) is 4.41.